The highest BCUT2D eigenvalue weighted by Gasteiger charge is 2.31. The summed E-state index contributed by atoms with van der Waals surface area (Å²) in [5.74, 6) is -3.81. The Morgan fingerprint density at radius 1 is 1.03 bits per heavy atom. The van der Waals surface area contributed by atoms with Crippen molar-refractivity contribution in [1.82, 2.24) is 9.97 Å². The van der Waals surface area contributed by atoms with Crippen molar-refractivity contribution in [3.05, 3.63) is 89.3 Å². The van der Waals surface area contributed by atoms with Crippen LogP contribution in [0.1, 0.15) is 44.4 Å². The molecule has 0 radical (unpaired) electrons. The average molecular weight is 434 g/mol. The van der Waals surface area contributed by atoms with Crippen LogP contribution in [0.3, 0.4) is 0 Å². The van der Waals surface area contributed by atoms with Crippen LogP contribution in [0.25, 0.3) is 0 Å². The predicted octanol–water partition coefficient (Wildman–Crippen LogP) is 4.62. The van der Waals surface area contributed by atoms with Gasteiger partial charge in [0.2, 0.25) is 0 Å². The fraction of sp³-hybridized carbons (Fsp3) is 0.143. The van der Waals surface area contributed by atoms with E-state index in [1.54, 1.807) is 0 Å². The number of rotatable bonds is 7. The Balaban J connectivity index is 1.91. The number of benzene rings is 1. The number of nitrogens with zero attached hydrogens (tertiary/aromatic N) is 2. The Bertz CT molecular complexity index is 1080. The fourth-order valence-corrected chi connectivity index (χ4v) is 2.90. The molecule has 2 heterocycles. The van der Waals surface area contributed by atoms with Gasteiger partial charge in [-0.15, -0.1) is 13.2 Å². The summed E-state index contributed by atoms with van der Waals surface area (Å²) in [6, 6.07) is 9.65. The second-order valence-electron chi connectivity index (χ2n) is 6.40. The Kier molecular flexibility index (Phi) is 6.28. The Labute approximate surface area is 173 Å². The highest BCUT2D eigenvalue weighted by Crippen LogP contribution is 2.32. The van der Waals surface area contributed by atoms with Crippen molar-refractivity contribution in [1.29, 1.82) is 0 Å². The van der Waals surface area contributed by atoms with Crippen molar-refractivity contribution in [3.8, 4) is 5.75 Å². The van der Waals surface area contributed by atoms with Crippen molar-refractivity contribution < 1.29 is 37.0 Å². The molecule has 0 unspecified atom stereocenters. The molecule has 0 aliphatic carbocycles. The minimum Gasteiger partial charge on any atom is -0.478 e. The smallest absolute Gasteiger partial charge is 0.478 e. The van der Waals surface area contributed by atoms with E-state index in [1.807, 2.05) is 0 Å². The molecule has 0 aliphatic heterocycles. The van der Waals surface area contributed by atoms with E-state index in [2.05, 4.69) is 14.7 Å². The highest BCUT2D eigenvalue weighted by molar-refractivity contribution is 5.96. The van der Waals surface area contributed by atoms with Gasteiger partial charge < -0.3 is 9.84 Å². The SMILES string of the molecule is O=C(O)c1ccc(C(=O)C[C@@H](c2ccc(OC(F)(F)F)cc2)c2ncccc2F)nc1. The number of carbonyl (C=O) groups is 2. The molecule has 31 heavy (non-hydrogen) atoms. The van der Waals surface area contributed by atoms with Crippen LogP contribution in [0.4, 0.5) is 17.6 Å². The first-order chi connectivity index (χ1) is 14.6. The predicted molar refractivity (Wildman–Crippen MR) is 99.3 cm³/mol. The molecule has 0 saturated carbocycles. The van der Waals surface area contributed by atoms with Gasteiger partial charge in [0.15, 0.2) is 5.78 Å². The first-order valence-corrected chi connectivity index (χ1v) is 8.82. The molecule has 3 aromatic rings. The van der Waals surface area contributed by atoms with Crippen LogP contribution in [0.15, 0.2) is 60.9 Å². The van der Waals surface area contributed by atoms with E-state index in [0.717, 1.165) is 24.4 Å². The number of aromatic nitrogens is 2. The maximum Gasteiger partial charge on any atom is 0.573 e. The molecule has 3 rings (SSSR count). The zero-order chi connectivity index (χ0) is 22.6. The number of hydrogen-bond donors (Lipinski definition) is 1. The quantitative estimate of drug-likeness (QED) is 0.431. The van der Waals surface area contributed by atoms with Crippen molar-refractivity contribution in [3.63, 3.8) is 0 Å². The maximum absolute atomic E-state index is 14.4. The van der Waals surface area contributed by atoms with Gasteiger partial charge in [-0.25, -0.2) is 9.18 Å². The van der Waals surface area contributed by atoms with E-state index in [-0.39, 0.29) is 23.4 Å². The summed E-state index contributed by atoms with van der Waals surface area (Å²) in [7, 11) is 0. The minimum absolute atomic E-state index is 0.0386. The number of ether oxygens (including phenoxy) is 1. The summed E-state index contributed by atoms with van der Waals surface area (Å²) < 4.78 is 55.4. The summed E-state index contributed by atoms with van der Waals surface area (Å²) in [6.45, 7) is 0. The van der Waals surface area contributed by atoms with Gasteiger partial charge in [-0.2, -0.15) is 0 Å². The normalized spacial score (nSPS) is 12.3. The number of hydrogen-bond acceptors (Lipinski definition) is 5. The van der Waals surface area contributed by atoms with Crippen molar-refractivity contribution in [2.45, 2.75) is 18.7 Å². The second-order valence-corrected chi connectivity index (χ2v) is 6.40. The summed E-state index contributed by atoms with van der Waals surface area (Å²) >= 11 is 0. The molecule has 1 atom stereocenters. The molecule has 0 aliphatic rings. The van der Waals surface area contributed by atoms with Crippen LogP contribution in [-0.4, -0.2) is 33.2 Å². The Hall–Kier alpha value is -3.82. The van der Waals surface area contributed by atoms with E-state index in [0.29, 0.717) is 5.56 Å². The van der Waals surface area contributed by atoms with Crippen molar-refractivity contribution in [2.75, 3.05) is 0 Å². The molecule has 0 bridgehead atoms. The summed E-state index contributed by atoms with van der Waals surface area (Å²) in [6.07, 6.45) is -2.81. The number of pyridine rings is 2. The minimum atomic E-state index is -4.86. The lowest BCUT2D eigenvalue weighted by molar-refractivity contribution is -0.274. The molecule has 1 aromatic carbocycles. The fourth-order valence-electron chi connectivity index (χ4n) is 2.90. The monoisotopic (exact) mass is 434 g/mol. The van der Waals surface area contributed by atoms with Gasteiger partial charge in [0.25, 0.3) is 0 Å². The summed E-state index contributed by atoms with van der Waals surface area (Å²) in [5.41, 5.74) is 0.123. The number of ketones is 1. The van der Waals surface area contributed by atoms with E-state index in [1.165, 1.54) is 36.5 Å². The molecule has 0 amide bonds. The van der Waals surface area contributed by atoms with Gasteiger partial charge >= 0.3 is 12.3 Å². The number of halogens is 4. The molecular formula is C21H14F4N2O4. The third-order valence-corrected chi connectivity index (χ3v) is 4.32. The molecule has 0 saturated heterocycles. The van der Waals surface area contributed by atoms with E-state index < -0.39 is 35.6 Å². The van der Waals surface area contributed by atoms with E-state index in [4.69, 9.17) is 5.11 Å². The molecule has 0 fully saturated rings. The van der Waals surface area contributed by atoms with Crippen LogP contribution in [0, 0.1) is 5.82 Å². The average Bonchev–Trinajstić information content (AvgIpc) is 2.72. The maximum atomic E-state index is 14.4. The Morgan fingerprint density at radius 3 is 2.29 bits per heavy atom. The van der Waals surface area contributed by atoms with Crippen molar-refractivity contribution >= 4 is 11.8 Å². The van der Waals surface area contributed by atoms with Crippen molar-refractivity contribution in [2.24, 2.45) is 0 Å². The third kappa shape index (κ3) is 5.62. The van der Waals surface area contributed by atoms with Crippen LogP contribution < -0.4 is 4.74 Å². The van der Waals surface area contributed by atoms with Gasteiger partial charge in [-0.05, 0) is 42.0 Å². The van der Waals surface area contributed by atoms with E-state index >= 15 is 0 Å². The van der Waals surface area contributed by atoms with Crippen LogP contribution >= 0.6 is 0 Å². The van der Waals surface area contributed by atoms with Gasteiger partial charge in [0.1, 0.15) is 17.3 Å². The van der Waals surface area contributed by atoms with Gasteiger partial charge in [-0.1, -0.05) is 12.1 Å². The lowest BCUT2D eigenvalue weighted by Gasteiger charge is -2.18. The molecule has 10 heteroatoms. The standard InChI is InChI=1S/C21H14F4N2O4/c22-16-2-1-9-26-19(16)15(12-3-6-14(7-4-12)31-21(23,24)25)10-18(28)17-8-5-13(11-27-17)20(29)30/h1-9,11,15H,10H2,(H,29,30)/t15-/m0/s1. The lowest BCUT2D eigenvalue weighted by Crippen LogP contribution is -2.17. The van der Waals surface area contributed by atoms with Gasteiger partial charge in [-0.3, -0.25) is 14.8 Å². The molecule has 0 spiro atoms. The topological polar surface area (TPSA) is 89.4 Å². The highest BCUT2D eigenvalue weighted by atomic mass is 19.4. The number of carboxylic acids is 1. The van der Waals surface area contributed by atoms with Gasteiger partial charge in [0.05, 0.1) is 11.3 Å². The molecule has 6 nitrogen and oxygen atoms in total. The van der Waals surface area contributed by atoms with Crippen LogP contribution in [-0.2, 0) is 0 Å². The number of aromatic carboxylic acids is 1. The first-order valence-electron chi connectivity index (χ1n) is 8.82. The Morgan fingerprint density at radius 2 is 1.74 bits per heavy atom. The van der Waals surface area contributed by atoms with Gasteiger partial charge in [0, 0.05) is 24.7 Å². The van der Waals surface area contributed by atoms with E-state index in [9.17, 15) is 27.2 Å². The molecular weight excluding hydrogens is 420 g/mol. The van der Waals surface area contributed by atoms with Crippen LogP contribution in [0.2, 0.25) is 0 Å². The largest absolute Gasteiger partial charge is 0.573 e. The molecule has 160 valence electrons. The number of alkyl halides is 3. The van der Waals surface area contributed by atoms with Crippen LogP contribution in [0.5, 0.6) is 5.75 Å². The summed E-state index contributed by atoms with van der Waals surface area (Å²) in [5, 5.41) is 8.93. The molecule has 1 N–H and O–H groups in total. The molecule has 2 aromatic heterocycles. The zero-order valence-corrected chi connectivity index (χ0v) is 15.6. The third-order valence-electron chi connectivity index (χ3n) is 4.32. The summed E-state index contributed by atoms with van der Waals surface area (Å²) in [4.78, 5) is 31.5. The number of carbonyl (C=O) groups excluding carboxylic acids is 1. The number of Topliss-reactive ketones (excluding diaryl/α,β-unsaturated/α-hetero) is 1. The first kappa shape index (κ1) is 21.9. The lowest BCUT2D eigenvalue weighted by atomic mass is 9.89. The number of carboxylic acid groups (broad SMARTS) is 1. The zero-order valence-electron chi connectivity index (χ0n) is 15.6. The second kappa shape index (κ2) is 8.90.